The van der Waals surface area contributed by atoms with Crippen molar-refractivity contribution in [1.29, 1.82) is 0 Å². The summed E-state index contributed by atoms with van der Waals surface area (Å²) >= 11 is 2.62. The summed E-state index contributed by atoms with van der Waals surface area (Å²) in [5, 5.41) is 27.7. The molecule has 12 nitrogen and oxygen atoms in total. The molecule has 0 radical (unpaired) electrons. The number of anilines is 2. The first-order chi connectivity index (χ1) is 24.4. The summed E-state index contributed by atoms with van der Waals surface area (Å²) in [6.45, 7) is 3.84. The van der Waals surface area contributed by atoms with E-state index in [2.05, 4.69) is 30.6 Å². The number of para-hydroxylation sites is 4. The van der Waals surface area contributed by atoms with Crippen LogP contribution in [-0.4, -0.2) is 40.0 Å². The molecule has 0 saturated heterocycles. The topological polar surface area (TPSA) is 158 Å². The van der Waals surface area contributed by atoms with Gasteiger partial charge in [0.25, 0.3) is 0 Å². The second kappa shape index (κ2) is 14.4. The molecular weight excluding hydrogens is 669 g/mol. The summed E-state index contributed by atoms with van der Waals surface area (Å²) in [5.41, 5.74) is 16.5. The number of aryl methyl sites for hydroxylation is 2. The van der Waals surface area contributed by atoms with Crippen LogP contribution in [0.3, 0.4) is 0 Å². The molecule has 0 aliphatic carbocycles. The highest BCUT2D eigenvalue weighted by atomic mass is 32.1. The van der Waals surface area contributed by atoms with Crippen LogP contribution >= 0.6 is 22.7 Å². The zero-order chi connectivity index (χ0) is 34.5. The minimum atomic E-state index is 0.410. The summed E-state index contributed by atoms with van der Waals surface area (Å²) in [6.07, 6.45) is 0. The van der Waals surface area contributed by atoms with Crippen molar-refractivity contribution < 1.29 is 9.47 Å². The predicted octanol–water partition coefficient (Wildman–Crippen LogP) is 8.15. The number of nitrogens with zero attached hydrogens (tertiary/aromatic N) is 8. The molecule has 0 fully saturated rings. The van der Waals surface area contributed by atoms with Crippen molar-refractivity contribution in [3.63, 3.8) is 0 Å². The van der Waals surface area contributed by atoms with E-state index in [9.17, 15) is 0 Å². The van der Waals surface area contributed by atoms with Gasteiger partial charge in [0.1, 0.15) is 11.5 Å². The first kappa shape index (κ1) is 32.2. The maximum Gasteiger partial charge on any atom is 0.233 e. The molecule has 4 aromatic heterocycles. The first-order valence-electron chi connectivity index (χ1n) is 15.4. The highest BCUT2D eigenvalue weighted by Crippen LogP contribution is 2.41. The molecule has 4 aromatic carbocycles. The maximum absolute atomic E-state index is 6.18. The van der Waals surface area contributed by atoms with E-state index in [4.69, 9.17) is 20.9 Å². The van der Waals surface area contributed by atoms with E-state index in [1.807, 2.05) is 135 Å². The standard InChI is InChI=1S/2C18H15N5OS/c2*1-12-15(16-20-21-18(19)25-16)17(24-14-10-6-3-7-11-14)23(22-12)13-8-4-2-5-9-13/h2*2-11H,1H3,(H2,19,21). The van der Waals surface area contributed by atoms with Gasteiger partial charge >= 0.3 is 0 Å². The SMILES string of the molecule is Cc1nn(-c2ccccc2)c(Oc2ccccc2)c1-c1nnc(N)s1.Cc1nn(-c2ccccc2)c(Oc2ccccc2)c1-c1nnc(N)s1. The number of nitrogens with two attached hydrogens (primary N) is 2. The van der Waals surface area contributed by atoms with Crippen molar-refractivity contribution in [3.8, 4) is 55.8 Å². The third-order valence-electron chi connectivity index (χ3n) is 7.26. The average Bonchev–Trinajstić information content (AvgIpc) is 3.92. The number of hydrogen-bond acceptors (Lipinski definition) is 12. The van der Waals surface area contributed by atoms with Gasteiger partial charge in [-0.2, -0.15) is 19.6 Å². The highest BCUT2D eigenvalue weighted by molar-refractivity contribution is 7.18. The Morgan fingerprint density at radius 2 is 0.820 bits per heavy atom. The molecule has 0 amide bonds. The average molecular weight is 699 g/mol. The second-order valence-corrected chi connectivity index (χ2v) is 12.8. The molecule has 0 aliphatic heterocycles. The molecule has 8 aromatic rings. The zero-order valence-corrected chi connectivity index (χ0v) is 28.5. The van der Waals surface area contributed by atoms with Gasteiger partial charge in [-0.15, -0.1) is 20.4 Å². The van der Waals surface area contributed by atoms with Crippen LogP contribution in [0.4, 0.5) is 10.3 Å². The van der Waals surface area contributed by atoms with Crippen LogP contribution < -0.4 is 20.9 Å². The summed E-state index contributed by atoms with van der Waals surface area (Å²) < 4.78 is 15.9. The minimum Gasteiger partial charge on any atom is -0.438 e. The smallest absolute Gasteiger partial charge is 0.233 e. The predicted molar refractivity (Wildman–Crippen MR) is 196 cm³/mol. The normalized spacial score (nSPS) is 10.8. The van der Waals surface area contributed by atoms with E-state index in [0.29, 0.717) is 32.0 Å². The molecule has 0 aliphatic rings. The van der Waals surface area contributed by atoms with E-state index in [-0.39, 0.29) is 0 Å². The number of ether oxygens (including phenoxy) is 2. The summed E-state index contributed by atoms with van der Waals surface area (Å²) in [4.78, 5) is 0. The molecule has 14 heteroatoms. The monoisotopic (exact) mass is 698 g/mol. The Kier molecular flexibility index (Phi) is 9.26. The number of hydrogen-bond donors (Lipinski definition) is 2. The molecule has 4 heterocycles. The fraction of sp³-hybridized carbons (Fsp3) is 0.0556. The Morgan fingerprint density at radius 3 is 1.14 bits per heavy atom. The van der Waals surface area contributed by atoms with Crippen LogP contribution in [0, 0.1) is 13.8 Å². The minimum absolute atomic E-state index is 0.410. The molecular formula is C36H30N10O2S2. The van der Waals surface area contributed by atoms with E-state index < -0.39 is 0 Å². The number of nitrogen functional groups attached to an aromatic ring is 2. The largest absolute Gasteiger partial charge is 0.438 e. The molecule has 50 heavy (non-hydrogen) atoms. The molecule has 0 bridgehead atoms. The van der Waals surface area contributed by atoms with Gasteiger partial charge in [-0.1, -0.05) is 95.5 Å². The van der Waals surface area contributed by atoms with Crippen molar-refractivity contribution >= 4 is 32.9 Å². The van der Waals surface area contributed by atoms with E-state index >= 15 is 0 Å². The fourth-order valence-electron chi connectivity index (χ4n) is 5.05. The molecule has 0 atom stereocenters. The van der Waals surface area contributed by atoms with Crippen molar-refractivity contribution in [3.05, 3.63) is 133 Å². The van der Waals surface area contributed by atoms with Crippen LogP contribution in [0.15, 0.2) is 121 Å². The molecule has 0 saturated carbocycles. The lowest BCUT2D eigenvalue weighted by Crippen LogP contribution is -1.99. The molecule has 0 spiro atoms. The van der Waals surface area contributed by atoms with Gasteiger partial charge in [0, 0.05) is 0 Å². The van der Waals surface area contributed by atoms with Crippen LogP contribution in [0.5, 0.6) is 23.3 Å². The lowest BCUT2D eigenvalue weighted by Gasteiger charge is -2.10. The summed E-state index contributed by atoms with van der Waals surface area (Å²) in [6, 6.07) is 38.8. The van der Waals surface area contributed by atoms with Gasteiger partial charge in [0.05, 0.1) is 33.9 Å². The van der Waals surface area contributed by atoms with Crippen molar-refractivity contribution in [2.75, 3.05) is 11.5 Å². The Hall–Kier alpha value is -6.38. The molecule has 8 rings (SSSR count). The Labute approximate surface area is 295 Å². The summed E-state index contributed by atoms with van der Waals surface area (Å²) in [5.74, 6) is 2.62. The maximum atomic E-state index is 6.18. The second-order valence-electron chi connectivity index (χ2n) is 10.7. The first-order valence-corrected chi connectivity index (χ1v) is 17.0. The van der Waals surface area contributed by atoms with E-state index in [1.165, 1.54) is 22.7 Å². The van der Waals surface area contributed by atoms with Gasteiger partial charge in [0.15, 0.2) is 10.0 Å². The lowest BCUT2D eigenvalue weighted by atomic mass is 10.2. The number of aromatic nitrogens is 8. The van der Waals surface area contributed by atoms with Crippen molar-refractivity contribution in [1.82, 2.24) is 40.0 Å². The Bertz CT molecular complexity index is 2160. The van der Waals surface area contributed by atoms with E-state index in [0.717, 1.165) is 45.4 Å². The van der Waals surface area contributed by atoms with Gasteiger partial charge in [-0.3, -0.25) is 0 Å². The van der Waals surface area contributed by atoms with Crippen LogP contribution in [0.1, 0.15) is 11.4 Å². The quantitative estimate of drug-likeness (QED) is 0.159. The molecule has 4 N–H and O–H groups in total. The highest BCUT2D eigenvalue weighted by Gasteiger charge is 2.24. The fourth-order valence-corrected chi connectivity index (χ4v) is 6.45. The third-order valence-corrected chi connectivity index (χ3v) is 8.80. The third kappa shape index (κ3) is 6.92. The van der Waals surface area contributed by atoms with Gasteiger partial charge in [-0.05, 0) is 62.4 Å². The Balaban J connectivity index is 0.000000157. The van der Waals surface area contributed by atoms with Crippen LogP contribution in [0.25, 0.3) is 32.5 Å². The van der Waals surface area contributed by atoms with Gasteiger partial charge in [-0.25, -0.2) is 0 Å². The lowest BCUT2D eigenvalue weighted by molar-refractivity contribution is 0.445. The van der Waals surface area contributed by atoms with Crippen LogP contribution in [0.2, 0.25) is 0 Å². The van der Waals surface area contributed by atoms with E-state index in [1.54, 1.807) is 9.36 Å². The van der Waals surface area contributed by atoms with Crippen LogP contribution in [-0.2, 0) is 0 Å². The van der Waals surface area contributed by atoms with Gasteiger partial charge in [0.2, 0.25) is 22.0 Å². The zero-order valence-electron chi connectivity index (χ0n) is 26.9. The van der Waals surface area contributed by atoms with Crippen molar-refractivity contribution in [2.24, 2.45) is 0 Å². The number of rotatable bonds is 8. The number of benzene rings is 4. The van der Waals surface area contributed by atoms with Gasteiger partial charge < -0.3 is 20.9 Å². The molecule has 0 unspecified atom stereocenters. The van der Waals surface area contributed by atoms with Crippen molar-refractivity contribution in [2.45, 2.75) is 13.8 Å². The molecule has 248 valence electrons. The summed E-state index contributed by atoms with van der Waals surface area (Å²) in [7, 11) is 0. The Morgan fingerprint density at radius 1 is 0.480 bits per heavy atom.